The molecular formula is C10H11N3O3. The molecule has 6 heteroatoms. The van der Waals surface area contributed by atoms with Crippen molar-refractivity contribution in [2.45, 2.75) is 6.92 Å². The van der Waals surface area contributed by atoms with Crippen LogP contribution in [-0.4, -0.2) is 27.8 Å². The Hall–Kier alpha value is -2.11. The molecule has 84 valence electrons. The first-order valence-electron chi connectivity index (χ1n) is 4.66. The summed E-state index contributed by atoms with van der Waals surface area (Å²) in [4.78, 5) is 15.6. The van der Waals surface area contributed by atoms with E-state index < -0.39 is 5.97 Å². The van der Waals surface area contributed by atoms with Gasteiger partial charge in [-0.15, -0.1) is 0 Å². The number of ether oxygens (including phenoxy) is 1. The molecule has 0 aliphatic carbocycles. The molecule has 2 heterocycles. The van der Waals surface area contributed by atoms with E-state index >= 15 is 0 Å². The number of hydrogen-bond donors (Lipinski definition) is 0. The van der Waals surface area contributed by atoms with Crippen LogP contribution in [0.4, 0.5) is 0 Å². The van der Waals surface area contributed by atoms with Crippen molar-refractivity contribution in [2.75, 3.05) is 7.11 Å². The summed E-state index contributed by atoms with van der Waals surface area (Å²) < 4.78 is 11.4. The minimum absolute atomic E-state index is 0.321. The average Bonchev–Trinajstić information content (AvgIpc) is 2.83. The number of rotatable bonds is 2. The van der Waals surface area contributed by atoms with Crippen LogP contribution in [0, 0.1) is 6.92 Å². The molecule has 2 aromatic rings. The highest BCUT2D eigenvalue weighted by molar-refractivity contribution is 5.96. The van der Waals surface area contributed by atoms with Crippen molar-refractivity contribution in [2.24, 2.45) is 7.05 Å². The molecule has 0 radical (unpaired) electrons. The third kappa shape index (κ3) is 1.58. The number of esters is 1. The second-order valence-corrected chi connectivity index (χ2v) is 3.38. The Morgan fingerprint density at radius 3 is 2.88 bits per heavy atom. The van der Waals surface area contributed by atoms with Crippen LogP contribution >= 0.6 is 0 Å². The van der Waals surface area contributed by atoms with Gasteiger partial charge in [-0.3, -0.25) is 0 Å². The van der Waals surface area contributed by atoms with E-state index in [0.717, 1.165) is 0 Å². The molecule has 0 spiro atoms. The minimum atomic E-state index is -0.473. The summed E-state index contributed by atoms with van der Waals surface area (Å²) in [5.74, 6) is -0.0492. The van der Waals surface area contributed by atoms with Crippen LogP contribution in [0.15, 0.2) is 17.0 Å². The Labute approximate surface area is 91.8 Å². The van der Waals surface area contributed by atoms with Crippen LogP contribution in [0.1, 0.15) is 16.1 Å². The molecule has 0 amide bonds. The molecule has 2 aromatic heterocycles. The van der Waals surface area contributed by atoms with Crippen molar-refractivity contribution in [1.82, 2.24) is 14.7 Å². The predicted molar refractivity (Wildman–Crippen MR) is 54.8 cm³/mol. The quantitative estimate of drug-likeness (QED) is 0.712. The zero-order chi connectivity index (χ0) is 11.7. The van der Waals surface area contributed by atoms with Crippen molar-refractivity contribution in [3.05, 3.63) is 23.8 Å². The van der Waals surface area contributed by atoms with Gasteiger partial charge in [-0.1, -0.05) is 5.16 Å². The van der Waals surface area contributed by atoms with Crippen molar-refractivity contribution in [1.29, 1.82) is 0 Å². The van der Waals surface area contributed by atoms with Gasteiger partial charge in [0.05, 0.1) is 13.4 Å². The SMILES string of the molecule is COC(=O)c1c(-c2cn(C)cn2)noc1C. The first-order valence-corrected chi connectivity index (χ1v) is 4.66. The number of imidazole rings is 1. The summed E-state index contributed by atoms with van der Waals surface area (Å²) in [6.07, 6.45) is 3.38. The maximum atomic E-state index is 11.5. The summed E-state index contributed by atoms with van der Waals surface area (Å²) in [6, 6.07) is 0. The van der Waals surface area contributed by atoms with Gasteiger partial charge in [-0.25, -0.2) is 9.78 Å². The normalized spacial score (nSPS) is 10.4. The zero-order valence-corrected chi connectivity index (χ0v) is 9.22. The lowest BCUT2D eigenvalue weighted by Crippen LogP contribution is -2.03. The molecule has 0 unspecified atom stereocenters. The van der Waals surface area contributed by atoms with Crippen LogP contribution in [-0.2, 0) is 11.8 Å². The van der Waals surface area contributed by atoms with Crippen LogP contribution < -0.4 is 0 Å². The Kier molecular flexibility index (Phi) is 2.47. The zero-order valence-electron chi connectivity index (χ0n) is 9.22. The summed E-state index contributed by atoms with van der Waals surface area (Å²) in [6.45, 7) is 1.66. The highest BCUT2D eigenvalue weighted by Crippen LogP contribution is 2.23. The smallest absolute Gasteiger partial charge is 0.343 e. The Balaban J connectivity index is 2.53. The molecule has 16 heavy (non-hydrogen) atoms. The fourth-order valence-electron chi connectivity index (χ4n) is 1.42. The third-order valence-corrected chi connectivity index (χ3v) is 2.20. The number of hydrogen-bond acceptors (Lipinski definition) is 5. The van der Waals surface area contributed by atoms with Gasteiger partial charge in [0.15, 0.2) is 0 Å². The molecule has 0 bridgehead atoms. The van der Waals surface area contributed by atoms with E-state index in [4.69, 9.17) is 4.52 Å². The van der Waals surface area contributed by atoms with Crippen molar-refractivity contribution < 1.29 is 14.1 Å². The van der Waals surface area contributed by atoms with Gasteiger partial charge in [-0.05, 0) is 6.92 Å². The molecule has 0 atom stereocenters. The van der Waals surface area contributed by atoms with E-state index in [1.165, 1.54) is 7.11 Å². The number of carbonyl (C=O) groups excluding carboxylic acids is 1. The Bertz CT molecular complexity index is 527. The van der Waals surface area contributed by atoms with Crippen LogP contribution in [0.2, 0.25) is 0 Å². The van der Waals surface area contributed by atoms with Gasteiger partial charge >= 0.3 is 5.97 Å². The number of aromatic nitrogens is 3. The lowest BCUT2D eigenvalue weighted by atomic mass is 10.1. The van der Waals surface area contributed by atoms with Gasteiger partial charge in [0.25, 0.3) is 0 Å². The van der Waals surface area contributed by atoms with Crippen molar-refractivity contribution in [3.8, 4) is 11.4 Å². The van der Waals surface area contributed by atoms with E-state index in [0.29, 0.717) is 22.7 Å². The summed E-state index contributed by atoms with van der Waals surface area (Å²) >= 11 is 0. The van der Waals surface area contributed by atoms with E-state index in [-0.39, 0.29) is 0 Å². The standard InChI is InChI=1S/C10H11N3O3/c1-6-8(10(14)15-3)9(12-16-6)7-4-13(2)5-11-7/h4-5H,1-3H3. The van der Waals surface area contributed by atoms with Crippen molar-refractivity contribution >= 4 is 5.97 Å². The lowest BCUT2D eigenvalue weighted by molar-refractivity contribution is 0.0599. The fraction of sp³-hybridized carbons (Fsp3) is 0.300. The molecule has 0 aromatic carbocycles. The predicted octanol–water partition coefficient (Wildman–Crippen LogP) is 1.17. The van der Waals surface area contributed by atoms with E-state index in [1.54, 1.807) is 24.0 Å². The monoisotopic (exact) mass is 221 g/mol. The van der Waals surface area contributed by atoms with Gasteiger partial charge < -0.3 is 13.8 Å². The minimum Gasteiger partial charge on any atom is -0.465 e. The molecule has 0 saturated heterocycles. The number of aryl methyl sites for hydroxylation is 2. The van der Waals surface area contributed by atoms with Crippen molar-refractivity contribution in [3.63, 3.8) is 0 Å². The molecule has 0 aliphatic rings. The molecule has 6 nitrogen and oxygen atoms in total. The summed E-state index contributed by atoms with van der Waals surface area (Å²) in [5, 5.41) is 3.82. The van der Waals surface area contributed by atoms with Gasteiger partial charge in [-0.2, -0.15) is 0 Å². The molecule has 0 aliphatic heterocycles. The second-order valence-electron chi connectivity index (χ2n) is 3.38. The molecule has 0 fully saturated rings. The second kappa shape index (κ2) is 3.80. The molecule has 2 rings (SSSR count). The Morgan fingerprint density at radius 2 is 2.31 bits per heavy atom. The van der Waals surface area contributed by atoms with Gasteiger partial charge in [0.2, 0.25) is 0 Å². The largest absolute Gasteiger partial charge is 0.465 e. The molecule has 0 saturated carbocycles. The number of nitrogens with zero attached hydrogens (tertiary/aromatic N) is 3. The average molecular weight is 221 g/mol. The molecule has 0 N–H and O–H groups in total. The summed E-state index contributed by atoms with van der Waals surface area (Å²) in [7, 11) is 3.15. The third-order valence-electron chi connectivity index (χ3n) is 2.20. The maximum Gasteiger partial charge on any atom is 0.343 e. The summed E-state index contributed by atoms with van der Waals surface area (Å²) in [5.41, 5.74) is 1.31. The first-order chi connectivity index (χ1) is 7.63. The van der Waals surface area contributed by atoms with Crippen LogP contribution in [0.25, 0.3) is 11.4 Å². The first kappa shape index (κ1) is 10.4. The highest BCUT2D eigenvalue weighted by atomic mass is 16.5. The maximum absolute atomic E-state index is 11.5. The lowest BCUT2D eigenvalue weighted by Gasteiger charge is -1.97. The van der Waals surface area contributed by atoms with Gasteiger partial charge in [0.1, 0.15) is 22.7 Å². The number of carbonyl (C=O) groups is 1. The Morgan fingerprint density at radius 1 is 1.56 bits per heavy atom. The van der Waals surface area contributed by atoms with E-state index in [2.05, 4.69) is 14.9 Å². The number of methoxy groups -OCH3 is 1. The van der Waals surface area contributed by atoms with E-state index in [9.17, 15) is 4.79 Å². The topological polar surface area (TPSA) is 70.2 Å². The van der Waals surface area contributed by atoms with E-state index in [1.807, 2.05) is 7.05 Å². The van der Waals surface area contributed by atoms with Gasteiger partial charge in [0, 0.05) is 13.2 Å². The fourth-order valence-corrected chi connectivity index (χ4v) is 1.42. The van der Waals surface area contributed by atoms with Crippen LogP contribution in [0.3, 0.4) is 0 Å². The highest BCUT2D eigenvalue weighted by Gasteiger charge is 2.23. The van der Waals surface area contributed by atoms with Crippen LogP contribution in [0.5, 0.6) is 0 Å². The molecular weight excluding hydrogens is 210 g/mol.